The second-order valence-corrected chi connectivity index (χ2v) is 4.23. The van der Waals surface area contributed by atoms with Crippen molar-refractivity contribution in [2.45, 2.75) is 0 Å². The first-order chi connectivity index (χ1) is 7.54. The number of carbonyl (C=O) groups is 1. The van der Waals surface area contributed by atoms with E-state index < -0.39 is 11.5 Å². The maximum atomic E-state index is 11.9. The molecule has 2 aromatic rings. The molecule has 1 amide bonds. The van der Waals surface area contributed by atoms with Crippen molar-refractivity contribution in [3.8, 4) is 0 Å². The van der Waals surface area contributed by atoms with E-state index in [4.69, 9.17) is 5.73 Å². The summed E-state index contributed by atoms with van der Waals surface area (Å²) in [5.41, 5.74) is 5.54. The summed E-state index contributed by atoms with van der Waals surface area (Å²) < 4.78 is 1.87. The topological polar surface area (TPSA) is 65.1 Å². The van der Waals surface area contributed by atoms with E-state index in [-0.39, 0.29) is 5.56 Å². The van der Waals surface area contributed by atoms with Crippen molar-refractivity contribution in [1.82, 2.24) is 4.57 Å². The molecule has 0 saturated heterocycles. The van der Waals surface area contributed by atoms with Crippen LogP contribution in [0.4, 0.5) is 0 Å². The lowest BCUT2D eigenvalue weighted by molar-refractivity contribution is 0.0998. The maximum absolute atomic E-state index is 11.9. The van der Waals surface area contributed by atoms with E-state index in [9.17, 15) is 9.59 Å². The van der Waals surface area contributed by atoms with E-state index in [1.165, 1.54) is 4.57 Å². The zero-order chi connectivity index (χ0) is 11.9. The van der Waals surface area contributed by atoms with E-state index in [2.05, 4.69) is 15.9 Å². The number of halogens is 1. The highest BCUT2D eigenvalue weighted by molar-refractivity contribution is 9.10. The number of aryl methyl sites for hydroxylation is 1. The molecule has 1 aromatic carbocycles. The number of benzene rings is 1. The quantitative estimate of drug-likeness (QED) is 0.858. The number of fused-ring (bicyclic) bond motifs is 1. The second kappa shape index (κ2) is 3.75. The highest BCUT2D eigenvalue weighted by Crippen LogP contribution is 2.24. The van der Waals surface area contributed by atoms with Gasteiger partial charge < -0.3 is 10.3 Å². The molecule has 0 atom stereocenters. The summed E-state index contributed by atoms with van der Waals surface area (Å²) >= 11 is 3.25. The van der Waals surface area contributed by atoms with Gasteiger partial charge in [0, 0.05) is 16.9 Å². The molecule has 1 heterocycles. The van der Waals surface area contributed by atoms with Gasteiger partial charge in [-0.25, -0.2) is 0 Å². The first-order valence-electron chi connectivity index (χ1n) is 4.61. The number of pyridine rings is 1. The third-order valence-corrected chi connectivity index (χ3v) is 3.31. The Morgan fingerprint density at radius 3 is 2.62 bits per heavy atom. The Hall–Kier alpha value is -1.62. The Bertz CT molecular complexity index is 646. The lowest BCUT2D eigenvalue weighted by Crippen LogP contribution is -2.29. The number of rotatable bonds is 1. The number of nitrogens with zero attached hydrogens (tertiary/aromatic N) is 1. The number of para-hydroxylation sites is 1. The monoisotopic (exact) mass is 280 g/mol. The van der Waals surface area contributed by atoms with E-state index in [0.717, 1.165) is 10.9 Å². The van der Waals surface area contributed by atoms with Crippen molar-refractivity contribution in [3.63, 3.8) is 0 Å². The average molecular weight is 281 g/mol. The third-order valence-electron chi connectivity index (χ3n) is 2.49. The number of carbonyl (C=O) groups excluding carboxylic acids is 1. The van der Waals surface area contributed by atoms with Gasteiger partial charge in [0.2, 0.25) is 0 Å². The fraction of sp³-hybridized carbons (Fsp3) is 0.0909. The highest BCUT2D eigenvalue weighted by atomic mass is 79.9. The van der Waals surface area contributed by atoms with Gasteiger partial charge in [-0.05, 0) is 22.0 Å². The summed E-state index contributed by atoms with van der Waals surface area (Å²) in [6.07, 6.45) is 0. The third kappa shape index (κ3) is 1.44. The molecule has 0 aliphatic rings. The SMILES string of the molecule is Cn1c(=O)c(C(N)=O)c(Br)c2ccccc21. The zero-order valence-electron chi connectivity index (χ0n) is 8.53. The van der Waals surface area contributed by atoms with Gasteiger partial charge in [-0.15, -0.1) is 0 Å². The summed E-state index contributed by atoms with van der Waals surface area (Å²) in [5.74, 6) is -0.724. The molecule has 0 saturated carbocycles. The van der Waals surface area contributed by atoms with Crippen LogP contribution in [0, 0.1) is 0 Å². The molecule has 0 spiro atoms. The molecule has 16 heavy (non-hydrogen) atoms. The smallest absolute Gasteiger partial charge is 0.264 e. The molecule has 0 aliphatic carbocycles. The Morgan fingerprint density at radius 2 is 2.00 bits per heavy atom. The minimum Gasteiger partial charge on any atom is -0.365 e. The molecule has 0 radical (unpaired) electrons. The largest absolute Gasteiger partial charge is 0.365 e. The molecule has 2 N–H and O–H groups in total. The fourth-order valence-corrected chi connectivity index (χ4v) is 2.37. The van der Waals surface area contributed by atoms with Crippen LogP contribution >= 0.6 is 15.9 Å². The normalized spacial score (nSPS) is 10.6. The van der Waals surface area contributed by atoms with Gasteiger partial charge in [-0.2, -0.15) is 0 Å². The van der Waals surface area contributed by atoms with Gasteiger partial charge in [0.15, 0.2) is 0 Å². The summed E-state index contributed by atoms with van der Waals surface area (Å²) in [4.78, 5) is 23.1. The van der Waals surface area contributed by atoms with Crippen molar-refractivity contribution >= 4 is 32.7 Å². The van der Waals surface area contributed by atoms with Crippen LogP contribution in [0.25, 0.3) is 10.9 Å². The van der Waals surface area contributed by atoms with Crippen LogP contribution in [-0.4, -0.2) is 10.5 Å². The molecule has 0 bridgehead atoms. The maximum Gasteiger partial charge on any atom is 0.264 e. The van der Waals surface area contributed by atoms with Gasteiger partial charge >= 0.3 is 0 Å². The predicted octanol–water partition coefficient (Wildman–Crippen LogP) is 1.40. The summed E-state index contributed by atoms with van der Waals surface area (Å²) in [6.45, 7) is 0. The number of amides is 1. The summed E-state index contributed by atoms with van der Waals surface area (Å²) in [5, 5.41) is 0.790. The predicted molar refractivity (Wildman–Crippen MR) is 65.4 cm³/mol. The molecule has 0 aliphatic heterocycles. The van der Waals surface area contributed by atoms with Crippen LogP contribution in [0.15, 0.2) is 33.5 Å². The molecular formula is C11H9BrN2O2. The molecule has 0 fully saturated rings. The van der Waals surface area contributed by atoms with Crippen molar-refractivity contribution < 1.29 is 4.79 Å². The minimum atomic E-state index is -0.724. The van der Waals surface area contributed by atoms with Crippen LogP contribution < -0.4 is 11.3 Å². The molecule has 2 rings (SSSR count). The molecular weight excluding hydrogens is 272 g/mol. The molecule has 5 heteroatoms. The van der Waals surface area contributed by atoms with E-state index in [0.29, 0.717) is 4.47 Å². The molecule has 1 aromatic heterocycles. The standard InChI is InChI=1S/C11H9BrN2O2/c1-14-7-5-3-2-4-6(7)9(12)8(10(13)15)11(14)16/h2-5H,1H3,(H2,13,15). The Morgan fingerprint density at radius 1 is 1.38 bits per heavy atom. The van der Waals surface area contributed by atoms with Gasteiger partial charge in [-0.1, -0.05) is 18.2 Å². The van der Waals surface area contributed by atoms with Gasteiger partial charge in [0.05, 0.1) is 5.52 Å². The van der Waals surface area contributed by atoms with Crippen LogP contribution in [-0.2, 0) is 7.05 Å². The van der Waals surface area contributed by atoms with Crippen LogP contribution in [0.2, 0.25) is 0 Å². The number of aromatic nitrogens is 1. The average Bonchev–Trinajstić information content (AvgIpc) is 2.26. The van der Waals surface area contributed by atoms with Gasteiger partial charge in [0.25, 0.3) is 11.5 Å². The summed E-state index contributed by atoms with van der Waals surface area (Å²) in [6, 6.07) is 7.30. The molecule has 4 nitrogen and oxygen atoms in total. The molecule has 82 valence electrons. The van der Waals surface area contributed by atoms with Crippen LogP contribution in [0.3, 0.4) is 0 Å². The number of primary amides is 1. The van der Waals surface area contributed by atoms with E-state index in [1.807, 2.05) is 24.3 Å². The molecule has 0 unspecified atom stereocenters. The second-order valence-electron chi connectivity index (χ2n) is 3.43. The zero-order valence-corrected chi connectivity index (χ0v) is 10.1. The van der Waals surface area contributed by atoms with Crippen molar-refractivity contribution in [2.24, 2.45) is 12.8 Å². The van der Waals surface area contributed by atoms with Gasteiger partial charge in [-0.3, -0.25) is 9.59 Å². The summed E-state index contributed by atoms with van der Waals surface area (Å²) in [7, 11) is 1.61. The van der Waals surface area contributed by atoms with Crippen molar-refractivity contribution in [2.75, 3.05) is 0 Å². The van der Waals surface area contributed by atoms with Crippen molar-refractivity contribution in [1.29, 1.82) is 0 Å². The lowest BCUT2D eigenvalue weighted by atomic mass is 10.1. The van der Waals surface area contributed by atoms with Crippen LogP contribution in [0.1, 0.15) is 10.4 Å². The first kappa shape index (κ1) is 10.9. The number of hydrogen-bond acceptors (Lipinski definition) is 2. The fourth-order valence-electron chi connectivity index (χ4n) is 1.67. The Balaban J connectivity index is 3.07. The minimum absolute atomic E-state index is 0.0128. The first-order valence-corrected chi connectivity index (χ1v) is 5.40. The number of nitrogens with two attached hydrogens (primary N) is 1. The van der Waals surface area contributed by atoms with Crippen LogP contribution in [0.5, 0.6) is 0 Å². The highest BCUT2D eigenvalue weighted by Gasteiger charge is 2.16. The number of hydrogen-bond donors (Lipinski definition) is 1. The van der Waals surface area contributed by atoms with E-state index >= 15 is 0 Å². The lowest BCUT2D eigenvalue weighted by Gasteiger charge is -2.09. The van der Waals surface area contributed by atoms with Crippen molar-refractivity contribution in [3.05, 3.63) is 44.7 Å². The van der Waals surface area contributed by atoms with E-state index in [1.54, 1.807) is 7.05 Å². The van der Waals surface area contributed by atoms with Gasteiger partial charge in [0.1, 0.15) is 5.56 Å². The Kier molecular flexibility index (Phi) is 2.55. The Labute approximate surface area is 99.8 Å².